The highest BCUT2D eigenvalue weighted by Crippen LogP contribution is 2.24. The van der Waals surface area contributed by atoms with Gasteiger partial charge in [-0.25, -0.2) is 19.6 Å². The van der Waals surface area contributed by atoms with Gasteiger partial charge in [-0.05, 0) is 26.8 Å². The van der Waals surface area contributed by atoms with Crippen LogP contribution in [0, 0.1) is 10.1 Å². The zero-order chi connectivity index (χ0) is 21.8. The highest BCUT2D eigenvalue weighted by Gasteiger charge is 2.22. The molecule has 10 nitrogen and oxygen atoms in total. The average Bonchev–Trinajstić information content (AvgIpc) is 2.65. The molecule has 10 heteroatoms. The van der Waals surface area contributed by atoms with Crippen LogP contribution in [0.15, 0.2) is 30.6 Å². The van der Waals surface area contributed by atoms with E-state index in [-0.39, 0.29) is 23.5 Å². The molecule has 0 aliphatic heterocycles. The van der Waals surface area contributed by atoms with Gasteiger partial charge >= 0.3 is 12.1 Å². The lowest BCUT2D eigenvalue weighted by Crippen LogP contribution is -2.34. The van der Waals surface area contributed by atoms with E-state index in [2.05, 4.69) is 14.7 Å². The number of nitro groups is 1. The second kappa shape index (κ2) is 8.63. The Morgan fingerprint density at radius 1 is 1.21 bits per heavy atom. The second-order valence-electron chi connectivity index (χ2n) is 7.18. The van der Waals surface area contributed by atoms with Crippen LogP contribution in [0.5, 0.6) is 0 Å². The lowest BCUT2D eigenvalue weighted by Gasteiger charge is -2.24. The summed E-state index contributed by atoms with van der Waals surface area (Å²) in [5.74, 6) is -0.374. The topological polar surface area (TPSA) is 125 Å². The van der Waals surface area contributed by atoms with Crippen LogP contribution < -0.4 is 4.90 Å². The van der Waals surface area contributed by atoms with Crippen molar-refractivity contribution in [1.29, 1.82) is 0 Å². The van der Waals surface area contributed by atoms with Crippen molar-refractivity contribution in [2.45, 2.75) is 32.8 Å². The monoisotopic (exact) mass is 402 g/mol. The maximum atomic E-state index is 12.2. The standard InChI is InChI=1S/C19H22N4O6/c1-19(2,3)29-18(25)22(4)16-10-14(20-11-21-16)8-12-6-7-13(17(24)28-5)9-15(12)23(26)27/h6-7,9-11H,8H2,1-5H3. The van der Waals surface area contributed by atoms with Crippen LogP contribution in [-0.2, 0) is 15.9 Å². The fourth-order valence-corrected chi connectivity index (χ4v) is 2.41. The van der Waals surface area contributed by atoms with Gasteiger partial charge in [0.1, 0.15) is 17.7 Å². The van der Waals surface area contributed by atoms with E-state index in [4.69, 9.17) is 4.74 Å². The molecule has 0 saturated heterocycles. The Hall–Kier alpha value is -3.56. The van der Waals surface area contributed by atoms with E-state index < -0.39 is 22.6 Å². The quantitative estimate of drug-likeness (QED) is 0.424. The van der Waals surface area contributed by atoms with E-state index in [1.165, 1.54) is 37.5 Å². The lowest BCUT2D eigenvalue weighted by atomic mass is 10.0. The first-order valence-electron chi connectivity index (χ1n) is 8.65. The fourth-order valence-electron chi connectivity index (χ4n) is 2.41. The van der Waals surface area contributed by atoms with Gasteiger partial charge in [-0.3, -0.25) is 15.0 Å². The van der Waals surface area contributed by atoms with E-state index in [1.807, 2.05) is 0 Å². The Kier molecular flexibility index (Phi) is 6.47. The van der Waals surface area contributed by atoms with Crippen molar-refractivity contribution >= 4 is 23.6 Å². The molecule has 0 spiro atoms. The molecule has 1 aromatic carbocycles. The largest absolute Gasteiger partial charge is 0.465 e. The zero-order valence-electron chi connectivity index (χ0n) is 16.8. The minimum Gasteiger partial charge on any atom is -0.465 e. The normalized spacial score (nSPS) is 10.9. The summed E-state index contributed by atoms with van der Waals surface area (Å²) in [6, 6.07) is 5.63. The van der Waals surface area contributed by atoms with Gasteiger partial charge in [0, 0.05) is 31.2 Å². The predicted octanol–water partition coefficient (Wildman–Crippen LogP) is 3.13. The molecule has 0 bridgehead atoms. The molecule has 0 aliphatic rings. The molecule has 29 heavy (non-hydrogen) atoms. The SMILES string of the molecule is COC(=O)c1ccc(Cc2cc(N(C)C(=O)OC(C)(C)C)ncn2)c([N+](=O)[O-])c1. The molecule has 0 saturated carbocycles. The van der Waals surface area contributed by atoms with Crippen molar-refractivity contribution < 1.29 is 24.0 Å². The Labute approximate surface area is 167 Å². The summed E-state index contributed by atoms with van der Waals surface area (Å²) in [6.45, 7) is 5.25. The summed E-state index contributed by atoms with van der Waals surface area (Å²) in [5.41, 5.74) is -0.000441. The maximum Gasteiger partial charge on any atom is 0.415 e. The van der Waals surface area contributed by atoms with E-state index >= 15 is 0 Å². The van der Waals surface area contributed by atoms with Gasteiger partial charge in [0.25, 0.3) is 5.69 Å². The number of benzene rings is 1. The third-order valence-corrected chi connectivity index (χ3v) is 3.79. The third kappa shape index (κ3) is 5.71. The Morgan fingerprint density at radius 3 is 2.48 bits per heavy atom. The minimum atomic E-state index is -0.664. The van der Waals surface area contributed by atoms with Crippen LogP contribution in [0.2, 0.25) is 0 Å². The van der Waals surface area contributed by atoms with Crippen LogP contribution >= 0.6 is 0 Å². The highest BCUT2D eigenvalue weighted by atomic mass is 16.6. The van der Waals surface area contributed by atoms with Gasteiger partial charge < -0.3 is 9.47 Å². The summed E-state index contributed by atoms with van der Waals surface area (Å²) in [4.78, 5) is 44.1. The molecule has 0 fully saturated rings. The molecule has 1 heterocycles. The summed E-state index contributed by atoms with van der Waals surface area (Å²) < 4.78 is 9.90. The van der Waals surface area contributed by atoms with Gasteiger partial charge in [0.2, 0.25) is 0 Å². The predicted molar refractivity (Wildman–Crippen MR) is 104 cm³/mol. The first-order chi connectivity index (χ1) is 13.5. The third-order valence-electron chi connectivity index (χ3n) is 3.79. The number of anilines is 1. The Balaban J connectivity index is 2.29. The number of carbonyl (C=O) groups excluding carboxylic acids is 2. The number of methoxy groups -OCH3 is 1. The number of hydrogen-bond donors (Lipinski definition) is 0. The summed E-state index contributed by atoms with van der Waals surface area (Å²) in [7, 11) is 2.71. The van der Waals surface area contributed by atoms with Gasteiger partial charge in [-0.15, -0.1) is 0 Å². The number of esters is 1. The molecular formula is C19H22N4O6. The number of amides is 1. The van der Waals surface area contributed by atoms with Crippen LogP contribution in [0.25, 0.3) is 0 Å². The van der Waals surface area contributed by atoms with Crippen molar-refractivity contribution in [1.82, 2.24) is 9.97 Å². The Morgan fingerprint density at radius 2 is 1.90 bits per heavy atom. The van der Waals surface area contributed by atoms with Crippen molar-refractivity contribution in [2.75, 3.05) is 19.1 Å². The first kappa shape index (κ1) is 21.7. The number of nitrogens with zero attached hydrogens (tertiary/aromatic N) is 4. The molecule has 0 unspecified atom stereocenters. The van der Waals surface area contributed by atoms with Crippen LogP contribution in [0.3, 0.4) is 0 Å². The number of rotatable bonds is 5. The van der Waals surface area contributed by atoms with Crippen molar-refractivity contribution in [2.24, 2.45) is 0 Å². The molecular weight excluding hydrogens is 380 g/mol. The van der Waals surface area contributed by atoms with Gasteiger partial charge in [-0.2, -0.15) is 0 Å². The van der Waals surface area contributed by atoms with Crippen LogP contribution in [0.4, 0.5) is 16.3 Å². The summed E-state index contributed by atoms with van der Waals surface area (Å²) in [5, 5.41) is 11.4. The number of carbonyl (C=O) groups is 2. The number of hydrogen-bond acceptors (Lipinski definition) is 8. The summed E-state index contributed by atoms with van der Waals surface area (Å²) in [6.07, 6.45) is 0.783. The molecule has 1 amide bonds. The Bertz CT molecular complexity index is 939. The first-order valence-corrected chi connectivity index (χ1v) is 8.65. The lowest BCUT2D eigenvalue weighted by molar-refractivity contribution is -0.385. The molecule has 0 radical (unpaired) electrons. The van der Waals surface area contributed by atoms with Gasteiger partial charge in [0.05, 0.1) is 23.3 Å². The zero-order valence-corrected chi connectivity index (χ0v) is 16.8. The van der Waals surface area contributed by atoms with E-state index in [9.17, 15) is 19.7 Å². The molecule has 0 atom stereocenters. The maximum absolute atomic E-state index is 12.2. The molecule has 2 rings (SSSR count). The molecule has 154 valence electrons. The highest BCUT2D eigenvalue weighted by molar-refractivity contribution is 5.90. The number of nitro benzene ring substituents is 1. The average molecular weight is 402 g/mol. The minimum absolute atomic E-state index is 0.0796. The molecule has 0 aliphatic carbocycles. The second-order valence-corrected chi connectivity index (χ2v) is 7.18. The molecule has 2 aromatic rings. The van der Waals surface area contributed by atoms with Crippen molar-refractivity contribution in [3.63, 3.8) is 0 Å². The van der Waals surface area contributed by atoms with Crippen molar-refractivity contribution in [3.05, 3.63) is 57.5 Å². The number of ether oxygens (including phenoxy) is 2. The molecule has 1 aromatic heterocycles. The van der Waals surface area contributed by atoms with E-state index in [0.29, 0.717) is 11.3 Å². The smallest absolute Gasteiger partial charge is 0.415 e. The van der Waals surface area contributed by atoms with Crippen molar-refractivity contribution in [3.8, 4) is 0 Å². The van der Waals surface area contributed by atoms with Crippen LogP contribution in [-0.4, -0.2) is 46.7 Å². The van der Waals surface area contributed by atoms with Gasteiger partial charge in [0.15, 0.2) is 0 Å². The molecule has 0 N–H and O–H groups in total. The van der Waals surface area contributed by atoms with E-state index in [1.54, 1.807) is 26.8 Å². The summed E-state index contributed by atoms with van der Waals surface area (Å²) >= 11 is 0. The van der Waals surface area contributed by atoms with Gasteiger partial charge in [-0.1, -0.05) is 6.07 Å². The van der Waals surface area contributed by atoms with Crippen LogP contribution in [0.1, 0.15) is 42.4 Å². The van der Waals surface area contributed by atoms with E-state index in [0.717, 1.165) is 6.07 Å². The fraction of sp³-hybridized carbons (Fsp3) is 0.368. The number of aromatic nitrogens is 2.